The quantitative estimate of drug-likeness (QED) is 0.589. The largest absolute Gasteiger partial charge is 0.457 e. The van der Waals surface area contributed by atoms with E-state index in [0.717, 1.165) is 75.0 Å². The Hall–Kier alpha value is -3.42. The number of piperidine rings is 1. The van der Waals surface area contributed by atoms with Gasteiger partial charge in [-0.25, -0.2) is 4.98 Å². The van der Waals surface area contributed by atoms with Crippen molar-refractivity contribution >= 4 is 11.7 Å². The van der Waals surface area contributed by atoms with E-state index in [1.165, 1.54) is 0 Å². The van der Waals surface area contributed by atoms with E-state index in [9.17, 15) is 4.79 Å². The molecule has 0 unspecified atom stereocenters. The molecule has 3 N–H and O–H groups in total. The average Bonchev–Trinajstić information content (AvgIpc) is 2.90. The molecule has 2 aliphatic heterocycles. The maximum absolute atomic E-state index is 12.1. The number of para-hydroxylation sites is 1. The number of aromatic nitrogens is 1. The first-order valence-corrected chi connectivity index (χ1v) is 12.0. The molecule has 2 saturated heterocycles. The van der Waals surface area contributed by atoms with E-state index in [1.54, 1.807) is 6.07 Å². The van der Waals surface area contributed by atoms with Crippen LogP contribution >= 0.6 is 0 Å². The number of nitrogens with two attached hydrogens (primary N) is 1. The first-order chi connectivity index (χ1) is 16.7. The third kappa shape index (κ3) is 5.05. The van der Waals surface area contributed by atoms with Gasteiger partial charge in [0.25, 0.3) is 5.91 Å². The Balaban J connectivity index is 1.32. The second-order valence-electron chi connectivity index (χ2n) is 8.87. The number of pyridine rings is 1. The van der Waals surface area contributed by atoms with Gasteiger partial charge in [-0.2, -0.15) is 0 Å². The van der Waals surface area contributed by atoms with Crippen molar-refractivity contribution in [3.63, 3.8) is 0 Å². The molecule has 7 heteroatoms. The summed E-state index contributed by atoms with van der Waals surface area (Å²) < 4.78 is 5.90. The molecule has 0 atom stereocenters. The number of carbonyl (C=O) groups excluding carboxylic acids is 1. The number of hydrogen-bond donors (Lipinski definition) is 2. The molecule has 34 heavy (non-hydrogen) atoms. The van der Waals surface area contributed by atoms with Gasteiger partial charge in [0.2, 0.25) is 0 Å². The number of carbonyl (C=O) groups is 1. The molecule has 2 fully saturated rings. The molecular weight excluding hydrogens is 426 g/mol. The fraction of sp³-hybridized carbons (Fsp3) is 0.333. The molecule has 176 valence electrons. The summed E-state index contributed by atoms with van der Waals surface area (Å²) >= 11 is 0. The van der Waals surface area contributed by atoms with Gasteiger partial charge in [0.1, 0.15) is 17.3 Å². The minimum atomic E-state index is -0.476. The van der Waals surface area contributed by atoms with Crippen LogP contribution in [0.1, 0.15) is 23.2 Å². The highest BCUT2D eigenvalue weighted by atomic mass is 16.5. The van der Waals surface area contributed by atoms with Gasteiger partial charge in [-0.15, -0.1) is 0 Å². The van der Waals surface area contributed by atoms with Gasteiger partial charge in [-0.05, 0) is 61.4 Å². The van der Waals surface area contributed by atoms with E-state index in [0.29, 0.717) is 17.3 Å². The minimum absolute atomic E-state index is 0.427. The van der Waals surface area contributed by atoms with Crippen LogP contribution in [0.4, 0.5) is 5.82 Å². The van der Waals surface area contributed by atoms with Crippen LogP contribution in [0.5, 0.6) is 11.5 Å². The molecule has 1 aromatic heterocycles. The first-order valence-electron chi connectivity index (χ1n) is 12.0. The van der Waals surface area contributed by atoms with Crippen molar-refractivity contribution in [3.8, 4) is 22.8 Å². The van der Waals surface area contributed by atoms with Crippen molar-refractivity contribution in [3.05, 3.63) is 72.3 Å². The Kier molecular flexibility index (Phi) is 6.74. The maximum atomic E-state index is 12.1. The van der Waals surface area contributed by atoms with Gasteiger partial charge in [0.15, 0.2) is 0 Å². The van der Waals surface area contributed by atoms with E-state index < -0.39 is 5.91 Å². The molecule has 0 radical (unpaired) electrons. The first kappa shape index (κ1) is 22.4. The highest BCUT2D eigenvalue weighted by Crippen LogP contribution is 2.30. The van der Waals surface area contributed by atoms with E-state index in [1.807, 2.05) is 60.7 Å². The second kappa shape index (κ2) is 10.2. The number of primary amides is 1. The zero-order valence-electron chi connectivity index (χ0n) is 19.3. The molecule has 5 rings (SSSR count). The normalized spacial score (nSPS) is 17.5. The highest BCUT2D eigenvalue weighted by molar-refractivity contribution is 5.99. The van der Waals surface area contributed by atoms with Crippen molar-refractivity contribution in [2.45, 2.75) is 18.9 Å². The van der Waals surface area contributed by atoms with Crippen LogP contribution in [0.2, 0.25) is 0 Å². The summed E-state index contributed by atoms with van der Waals surface area (Å²) in [5.74, 6) is 1.92. The number of nitrogens with one attached hydrogen (secondary N) is 1. The molecule has 2 aromatic carbocycles. The molecular formula is C27H31N5O2. The van der Waals surface area contributed by atoms with E-state index >= 15 is 0 Å². The molecule has 3 heterocycles. The van der Waals surface area contributed by atoms with Crippen LogP contribution in [-0.2, 0) is 0 Å². The number of amides is 1. The van der Waals surface area contributed by atoms with E-state index in [2.05, 4.69) is 15.1 Å². The third-order valence-corrected chi connectivity index (χ3v) is 6.71. The van der Waals surface area contributed by atoms with Crippen LogP contribution in [-0.4, -0.2) is 61.1 Å². The second-order valence-corrected chi connectivity index (χ2v) is 8.87. The van der Waals surface area contributed by atoms with Crippen LogP contribution in [0.25, 0.3) is 11.3 Å². The number of piperazine rings is 1. The van der Waals surface area contributed by atoms with Gasteiger partial charge in [-0.3, -0.25) is 9.69 Å². The maximum Gasteiger partial charge on any atom is 0.250 e. The summed E-state index contributed by atoms with van der Waals surface area (Å²) in [6.45, 7) is 6.33. The van der Waals surface area contributed by atoms with Gasteiger partial charge in [0, 0.05) is 50.9 Å². The van der Waals surface area contributed by atoms with E-state index in [4.69, 9.17) is 15.5 Å². The van der Waals surface area contributed by atoms with Gasteiger partial charge >= 0.3 is 0 Å². The Labute approximate surface area is 200 Å². The van der Waals surface area contributed by atoms with Crippen molar-refractivity contribution in [2.75, 3.05) is 44.2 Å². The zero-order chi connectivity index (χ0) is 23.3. The number of rotatable bonds is 6. The molecule has 0 saturated carbocycles. The van der Waals surface area contributed by atoms with E-state index in [-0.39, 0.29) is 0 Å². The van der Waals surface area contributed by atoms with Crippen LogP contribution < -0.4 is 20.7 Å². The average molecular weight is 458 g/mol. The Bertz CT molecular complexity index is 1110. The summed E-state index contributed by atoms with van der Waals surface area (Å²) in [4.78, 5) is 22.0. The summed E-state index contributed by atoms with van der Waals surface area (Å²) in [5, 5.41) is 3.43. The Morgan fingerprint density at radius 2 is 1.56 bits per heavy atom. The molecule has 0 aliphatic carbocycles. The fourth-order valence-corrected chi connectivity index (χ4v) is 4.86. The van der Waals surface area contributed by atoms with Crippen molar-refractivity contribution < 1.29 is 9.53 Å². The predicted molar refractivity (Wildman–Crippen MR) is 134 cm³/mol. The van der Waals surface area contributed by atoms with Crippen molar-refractivity contribution in [1.82, 2.24) is 15.2 Å². The number of benzene rings is 2. The molecule has 3 aromatic rings. The summed E-state index contributed by atoms with van der Waals surface area (Å²) in [6, 6.07) is 21.6. The number of nitrogens with zero attached hydrogens (tertiary/aromatic N) is 3. The number of anilines is 1. The monoisotopic (exact) mass is 457 g/mol. The smallest absolute Gasteiger partial charge is 0.250 e. The lowest BCUT2D eigenvalue weighted by molar-refractivity contribution is 0.100. The lowest BCUT2D eigenvalue weighted by Crippen LogP contribution is -2.52. The lowest BCUT2D eigenvalue weighted by Gasteiger charge is -2.40. The topological polar surface area (TPSA) is 83.7 Å². The van der Waals surface area contributed by atoms with Gasteiger partial charge in [-0.1, -0.05) is 18.2 Å². The van der Waals surface area contributed by atoms with Crippen LogP contribution in [0, 0.1) is 0 Å². The molecule has 1 amide bonds. The SMILES string of the molecule is NC(=O)c1ccc(N2CCC(N3CCNCC3)CC2)nc1-c1ccc(Oc2ccccc2)cc1. The molecule has 7 nitrogen and oxygen atoms in total. The lowest BCUT2D eigenvalue weighted by atomic mass is 10.0. The fourth-order valence-electron chi connectivity index (χ4n) is 4.86. The molecule has 0 bridgehead atoms. The molecule has 2 aliphatic rings. The summed E-state index contributed by atoms with van der Waals surface area (Å²) in [7, 11) is 0. The third-order valence-electron chi connectivity index (χ3n) is 6.71. The van der Waals surface area contributed by atoms with Crippen LogP contribution in [0.3, 0.4) is 0 Å². The summed E-state index contributed by atoms with van der Waals surface area (Å²) in [5.41, 5.74) is 7.56. The Morgan fingerprint density at radius 3 is 2.24 bits per heavy atom. The number of ether oxygens (including phenoxy) is 1. The van der Waals surface area contributed by atoms with Gasteiger partial charge < -0.3 is 20.7 Å². The van der Waals surface area contributed by atoms with Crippen molar-refractivity contribution in [2.24, 2.45) is 5.73 Å². The van der Waals surface area contributed by atoms with Gasteiger partial charge in [0.05, 0.1) is 11.3 Å². The standard InChI is InChI=1S/C27H31N5O2/c28-27(33)24-10-11-25(32-16-12-21(13-17-32)31-18-14-29-15-19-31)30-26(24)20-6-8-23(9-7-20)34-22-4-2-1-3-5-22/h1-11,21,29H,12-19H2,(H2,28,33). The summed E-state index contributed by atoms with van der Waals surface area (Å²) in [6.07, 6.45) is 2.25. The zero-order valence-corrected chi connectivity index (χ0v) is 19.3. The molecule has 0 spiro atoms. The highest BCUT2D eigenvalue weighted by Gasteiger charge is 2.26. The number of hydrogen-bond acceptors (Lipinski definition) is 6. The van der Waals surface area contributed by atoms with Crippen molar-refractivity contribution in [1.29, 1.82) is 0 Å². The van der Waals surface area contributed by atoms with Crippen LogP contribution in [0.15, 0.2) is 66.7 Å². The Morgan fingerprint density at radius 1 is 0.882 bits per heavy atom. The predicted octanol–water partition coefficient (Wildman–Crippen LogP) is 3.51. The minimum Gasteiger partial charge on any atom is -0.457 e.